The zero-order chi connectivity index (χ0) is 15.2. The molecule has 2 rings (SSSR count). The number of para-hydroxylation sites is 1. The number of hydrogen-bond acceptors (Lipinski definition) is 4. The van der Waals surface area contributed by atoms with E-state index < -0.39 is 0 Å². The number of amides is 1. The number of furan rings is 1. The molecule has 3 N–H and O–H groups in total. The van der Waals surface area contributed by atoms with Crippen molar-refractivity contribution in [2.24, 2.45) is 5.73 Å². The third kappa shape index (κ3) is 4.40. The highest BCUT2D eigenvalue weighted by Gasteiger charge is 2.11. The summed E-state index contributed by atoms with van der Waals surface area (Å²) in [6.45, 7) is 0.901. The van der Waals surface area contributed by atoms with Crippen LogP contribution >= 0.6 is 12.2 Å². The molecule has 1 aromatic heterocycles. The van der Waals surface area contributed by atoms with Gasteiger partial charge < -0.3 is 15.5 Å². The minimum atomic E-state index is -0.121. The quantitative estimate of drug-likeness (QED) is 0.799. The van der Waals surface area contributed by atoms with Crippen molar-refractivity contribution in [3.63, 3.8) is 0 Å². The molecule has 0 aliphatic rings. The number of thiocarbonyl (C=S) groups is 1. The highest BCUT2D eigenvalue weighted by atomic mass is 32.1. The molecule has 1 heterocycles. The van der Waals surface area contributed by atoms with E-state index in [2.05, 4.69) is 5.32 Å². The average Bonchev–Trinajstić information content (AvgIpc) is 2.91. The number of anilines is 1. The van der Waals surface area contributed by atoms with Crippen molar-refractivity contribution in [1.82, 2.24) is 4.90 Å². The number of carbonyl (C=O) groups excluding carboxylic acids is 1. The molecule has 0 radical (unpaired) electrons. The van der Waals surface area contributed by atoms with Gasteiger partial charge in [-0.05, 0) is 25.2 Å². The van der Waals surface area contributed by atoms with Gasteiger partial charge in [0.05, 0.1) is 24.8 Å². The Balaban J connectivity index is 1.94. The first-order valence-electron chi connectivity index (χ1n) is 6.44. The number of nitrogens with one attached hydrogen (secondary N) is 1. The maximum absolute atomic E-state index is 12.1. The third-order valence-electron chi connectivity index (χ3n) is 2.91. The van der Waals surface area contributed by atoms with Crippen LogP contribution in [0.15, 0.2) is 47.3 Å². The summed E-state index contributed by atoms with van der Waals surface area (Å²) in [5.74, 6) is -0.121. The van der Waals surface area contributed by atoms with Gasteiger partial charge in [0.25, 0.3) is 0 Å². The highest BCUT2D eigenvalue weighted by molar-refractivity contribution is 7.80. The van der Waals surface area contributed by atoms with Gasteiger partial charge in [-0.15, -0.1) is 0 Å². The zero-order valence-electron chi connectivity index (χ0n) is 11.7. The number of nitrogens with two attached hydrogens (primary N) is 1. The van der Waals surface area contributed by atoms with Crippen molar-refractivity contribution >= 4 is 28.8 Å². The highest BCUT2D eigenvalue weighted by Crippen LogP contribution is 2.14. The number of carbonyl (C=O) groups is 1. The molecule has 110 valence electrons. The van der Waals surface area contributed by atoms with Crippen LogP contribution in [-0.2, 0) is 11.3 Å². The minimum Gasteiger partial charge on any atom is -0.472 e. The molecule has 0 saturated heterocycles. The SMILES string of the molecule is CN(CC(=O)Nc1ccccc1C(N)=S)Cc1ccoc1. The first-order chi connectivity index (χ1) is 10.1. The smallest absolute Gasteiger partial charge is 0.238 e. The van der Waals surface area contributed by atoms with Gasteiger partial charge >= 0.3 is 0 Å². The summed E-state index contributed by atoms with van der Waals surface area (Å²) >= 11 is 4.97. The van der Waals surface area contributed by atoms with Gasteiger partial charge in [-0.1, -0.05) is 24.4 Å². The molecule has 0 unspecified atom stereocenters. The first-order valence-corrected chi connectivity index (χ1v) is 6.85. The van der Waals surface area contributed by atoms with Crippen LogP contribution in [0.1, 0.15) is 11.1 Å². The predicted octanol–water partition coefficient (Wildman–Crippen LogP) is 1.98. The molecular weight excluding hydrogens is 286 g/mol. The van der Waals surface area contributed by atoms with Gasteiger partial charge in [-0.2, -0.15) is 0 Å². The molecule has 1 amide bonds. The number of hydrogen-bond donors (Lipinski definition) is 2. The van der Waals surface area contributed by atoms with Gasteiger partial charge in [0.1, 0.15) is 4.99 Å². The van der Waals surface area contributed by atoms with Crippen molar-refractivity contribution in [3.05, 3.63) is 54.0 Å². The maximum atomic E-state index is 12.1. The molecule has 0 spiro atoms. The largest absolute Gasteiger partial charge is 0.472 e. The second kappa shape index (κ2) is 7.01. The van der Waals surface area contributed by atoms with Crippen LogP contribution in [0.4, 0.5) is 5.69 Å². The van der Waals surface area contributed by atoms with Crippen LogP contribution in [-0.4, -0.2) is 29.4 Å². The predicted molar refractivity (Wildman–Crippen MR) is 86.0 cm³/mol. The Labute approximate surface area is 128 Å². The third-order valence-corrected chi connectivity index (χ3v) is 3.13. The first kappa shape index (κ1) is 15.2. The number of nitrogens with zero attached hydrogens (tertiary/aromatic N) is 1. The Morgan fingerprint density at radius 3 is 2.81 bits per heavy atom. The minimum absolute atomic E-state index is 0.121. The number of likely N-dealkylation sites (N-methyl/N-ethyl adjacent to an activating group) is 1. The standard InChI is InChI=1S/C15H17N3O2S/c1-18(8-11-6-7-20-10-11)9-14(19)17-13-5-3-2-4-12(13)15(16)21/h2-7,10H,8-9H2,1H3,(H2,16,21)(H,17,19). The van der Waals surface area contributed by atoms with Gasteiger partial charge in [-0.25, -0.2) is 0 Å². The van der Waals surface area contributed by atoms with Crippen molar-refractivity contribution in [2.75, 3.05) is 18.9 Å². The van der Waals surface area contributed by atoms with Crippen molar-refractivity contribution in [2.45, 2.75) is 6.54 Å². The van der Waals surface area contributed by atoms with Crippen LogP contribution in [0.3, 0.4) is 0 Å². The molecule has 21 heavy (non-hydrogen) atoms. The van der Waals surface area contributed by atoms with Gasteiger partial charge in [0, 0.05) is 17.7 Å². The van der Waals surface area contributed by atoms with E-state index >= 15 is 0 Å². The Bertz CT molecular complexity index is 626. The maximum Gasteiger partial charge on any atom is 0.238 e. The lowest BCUT2D eigenvalue weighted by Gasteiger charge is -2.16. The Morgan fingerprint density at radius 1 is 1.38 bits per heavy atom. The second-order valence-corrected chi connectivity index (χ2v) is 5.20. The lowest BCUT2D eigenvalue weighted by Crippen LogP contribution is -2.30. The molecular formula is C15H17N3O2S. The summed E-state index contributed by atoms with van der Waals surface area (Å²) in [5, 5.41) is 2.83. The summed E-state index contributed by atoms with van der Waals surface area (Å²) in [6.07, 6.45) is 3.28. The molecule has 0 aliphatic heterocycles. The van der Waals surface area contributed by atoms with Crippen molar-refractivity contribution in [1.29, 1.82) is 0 Å². The Hall–Kier alpha value is -2.18. The summed E-state index contributed by atoms with van der Waals surface area (Å²) in [6, 6.07) is 9.09. The molecule has 5 nitrogen and oxygen atoms in total. The van der Waals surface area contributed by atoms with E-state index in [1.807, 2.05) is 30.1 Å². The monoisotopic (exact) mass is 303 g/mol. The molecule has 0 aliphatic carbocycles. The average molecular weight is 303 g/mol. The van der Waals surface area contributed by atoms with Gasteiger partial charge in [-0.3, -0.25) is 9.69 Å². The van der Waals surface area contributed by atoms with Crippen molar-refractivity contribution < 1.29 is 9.21 Å². The van der Waals surface area contributed by atoms with E-state index in [9.17, 15) is 4.79 Å². The van der Waals surface area contributed by atoms with E-state index in [1.54, 1.807) is 24.7 Å². The normalized spacial score (nSPS) is 10.6. The van der Waals surface area contributed by atoms with Crippen LogP contribution in [0.2, 0.25) is 0 Å². The van der Waals surface area contributed by atoms with Crippen molar-refractivity contribution in [3.8, 4) is 0 Å². The molecule has 0 atom stereocenters. The summed E-state index contributed by atoms with van der Waals surface area (Å²) in [7, 11) is 1.87. The van der Waals surface area contributed by atoms with E-state index in [0.717, 1.165) is 5.56 Å². The van der Waals surface area contributed by atoms with Crippen LogP contribution < -0.4 is 11.1 Å². The lowest BCUT2D eigenvalue weighted by molar-refractivity contribution is -0.117. The number of rotatable bonds is 6. The zero-order valence-corrected chi connectivity index (χ0v) is 12.5. The molecule has 6 heteroatoms. The molecule has 0 saturated carbocycles. The summed E-state index contributed by atoms with van der Waals surface area (Å²) in [5.41, 5.74) is 7.96. The molecule has 0 fully saturated rings. The Morgan fingerprint density at radius 2 is 2.14 bits per heavy atom. The fourth-order valence-electron chi connectivity index (χ4n) is 1.99. The molecule has 0 bridgehead atoms. The van der Waals surface area contributed by atoms with E-state index in [4.69, 9.17) is 22.4 Å². The summed E-state index contributed by atoms with van der Waals surface area (Å²) < 4.78 is 5.00. The lowest BCUT2D eigenvalue weighted by atomic mass is 10.2. The van der Waals surface area contributed by atoms with Crippen LogP contribution in [0.25, 0.3) is 0 Å². The molecule has 1 aromatic carbocycles. The summed E-state index contributed by atoms with van der Waals surface area (Å²) in [4.78, 5) is 14.2. The number of benzene rings is 1. The van der Waals surface area contributed by atoms with Crippen LogP contribution in [0.5, 0.6) is 0 Å². The second-order valence-electron chi connectivity index (χ2n) is 4.76. The van der Waals surface area contributed by atoms with Crippen LogP contribution in [0, 0.1) is 0 Å². The van der Waals surface area contributed by atoms with E-state index in [-0.39, 0.29) is 17.4 Å². The van der Waals surface area contributed by atoms with Gasteiger partial charge in [0.15, 0.2) is 0 Å². The van der Waals surface area contributed by atoms with E-state index in [1.165, 1.54) is 0 Å². The van der Waals surface area contributed by atoms with Gasteiger partial charge in [0.2, 0.25) is 5.91 Å². The molecule has 2 aromatic rings. The topological polar surface area (TPSA) is 71.5 Å². The Kier molecular flexibility index (Phi) is 5.08. The fraction of sp³-hybridized carbons (Fsp3) is 0.200. The van der Waals surface area contributed by atoms with E-state index in [0.29, 0.717) is 17.8 Å². The fourth-order valence-corrected chi connectivity index (χ4v) is 2.17.